The zero-order valence-corrected chi connectivity index (χ0v) is 13.3. The average Bonchev–Trinajstić information content (AvgIpc) is 2.42. The van der Waals surface area contributed by atoms with Crippen molar-refractivity contribution in [3.05, 3.63) is 29.8 Å². The Morgan fingerprint density at radius 2 is 1.80 bits per heavy atom. The van der Waals surface area contributed by atoms with Crippen molar-refractivity contribution in [1.29, 1.82) is 0 Å². The van der Waals surface area contributed by atoms with Gasteiger partial charge in [0.1, 0.15) is 0 Å². The number of benzene rings is 1. The van der Waals surface area contributed by atoms with E-state index in [1.165, 1.54) is 5.56 Å². The summed E-state index contributed by atoms with van der Waals surface area (Å²) in [6.45, 7) is 8.47. The topological polar surface area (TPSA) is 35.6 Å². The van der Waals surface area contributed by atoms with E-state index in [4.69, 9.17) is 0 Å². The molecule has 20 heavy (non-hydrogen) atoms. The van der Waals surface area contributed by atoms with E-state index < -0.39 is 0 Å². The fourth-order valence-corrected chi connectivity index (χ4v) is 1.84. The second-order valence-electron chi connectivity index (χ2n) is 5.50. The Bertz CT molecular complexity index is 412. The van der Waals surface area contributed by atoms with Crippen LogP contribution in [0.15, 0.2) is 24.3 Å². The van der Waals surface area contributed by atoms with Crippen molar-refractivity contribution in [3.63, 3.8) is 0 Å². The third-order valence-corrected chi connectivity index (χ3v) is 3.22. The quantitative estimate of drug-likeness (QED) is 0.829. The minimum absolute atomic E-state index is 0.123. The summed E-state index contributed by atoms with van der Waals surface area (Å²) >= 11 is 0. The predicted octanol–water partition coefficient (Wildman–Crippen LogP) is 2.10. The number of hydrogen-bond donors (Lipinski definition) is 1. The number of carbonyl (C=O) groups is 1. The number of nitrogens with one attached hydrogen (secondary N) is 1. The third-order valence-electron chi connectivity index (χ3n) is 3.22. The Kier molecular flexibility index (Phi) is 6.52. The van der Waals surface area contributed by atoms with Gasteiger partial charge in [-0.3, -0.25) is 4.79 Å². The van der Waals surface area contributed by atoms with Crippen LogP contribution in [-0.4, -0.2) is 44.0 Å². The molecule has 0 unspecified atom stereocenters. The van der Waals surface area contributed by atoms with Crippen LogP contribution in [0.1, 0.15) is 26.3 Å². The lowest BCUT2D eigenvalue weighted by Gasteiger charge is -2.24. The van der Waals surface area contributed by atoms with Crippen LogP contribution < -0.4 is 10.2 Å². The molecule has 0 radical (unpaired) electrons. The van der Waals surface area contributed by atoms with Gasteiger partial charge in [0.15, 0.2) is 0 Å². The van der Waals surface area contributed by atoms with Crippen molar-refractivity contribution >= 4 is 11.6 Å². The molecule has 112 valence electrons. The molecule has 1 rings (SSSR count). The smallest absolute Gasteiger partial charge is 0.241 e. The van der Waals surface area contributed by atoms with Gasteiger partial charge >= 0.3 is 0 Å². The van der Waals surface area contributed by atoms with Gasteiger partial charge in [-0.05, 0) is 24.6 Å². The summed E-state index contributed by atoms with van der Waals surface area (Å²) in [5.41, 5.74) is 2.36. The first-order valence-corrected chi connectivity index (χ1v) is 7.21. The number of anilines is 1. The van der Waals surface area contributed by atoms with Gasteiger partial charge in [0.05, 0.1) is 6.54 Å². The number of hydrogen-bond acceptors (Lipinski definition) is 3. The molecule has 0 aliphatic carbocycles. The second-order valence-corrected chi connectivity index (χ2v) is 5.50. The second kappa shape index (κ2) is 7.90. The van der Waals surface area contributed by atoms with Crippen LogP contribution in [0, 0.1) is 0 Å². The molecule has 0 saturated carbocycles. The van der Waals surface area contributed by atoms with Crippen molar-refractivity contribution in [3.8, 4) is 0 Å². The molecule has 1 aromatic rings. The van der Waals surface area contributed by atoms with Gasteiger partial charge < -0.3 is 15.1 Å². The summed E-state index contributed by atoms with van der Waals surface area (Å²) in [7, 11) is 3.58. The highest BCUT2D eigenvalue weighted by Crippen LogP contribution is 2.15. The molecule has 1 aromatic carbocycles. The zero-order chi connectivity index (χ0) is 15.1. The Morgan fingerprint density at radius 3 is 2.25 bits per heavy atom. The molecule has 0 aromatic heterocycles. The van der Waals surface area contributed by atoms with Crippen LogP contribution in [0.25, 0.3) is 0 Å². The molecule has 0 saturated heterocycles. The lowest BCUT2D eigenvalue weighted by molar-refractivity contribution is -0.127. The maximum atomic E-state index is 11.8. The summed E-state index contributed by atoms with van der Waals surface area (Å²) in [5.74, 6) is 0.123. The maximum Gasteiger partial charge on any atom is 0.241 e. The number of amides is 1. The third kappa shape index (κ3) is 5.21. The van der Waals surface area contributed by atoms with Crippen LogP contribution >= 0.6 is 0 Å². The molecule has 0 spiro atoms. The summed E-state index contributed by atoms with van der Waals surface area (Å²) < 4.78 is 0. The fourth-order valence-electron chi connectivity index (χ4n) is 1.84. The van der Waals surface area contributed by atoms with Gasteiger partial charge in [-0.25, -0.2) is 0 Å². The van der Waals surface area contributed by atoms with Gasteiger partial charge in [-0.1, -0.05) is 26.0 Å². The highest BCUT2D eigenvalue weighted by atomic mass is 16.2. The molecule has 0 atom stereocenters. The summed E-state index contributed by atoms with van der Waals surface area (Å²) in [6.07, 6.45) is 0. The van der Waals surface area contributed by atoms with Gasteiger partial charge in [0.25, 0.3) is 0 Å². The Labute approximate surface area is 122 Å². The van der Waals surface area contributed by atoms with Crippen molar-refractivity contribution in [2.45, 2.75) is 33.4 Å². The van der Waals surface area contributed by atoms with Crippen LogP contribution in [0.2, 0.25) is 0 Å². The van der Waals surface area contributed by atoms with Crippen molar-refractivity contribution in [2.75, 3.05) is 32.1 Å². The molecular formula is C16H27N3O. The monoisotopic (exact) mass is 277 g/mol. The molecule has 0 aliphatic rings. The normalized spacial score (nSPS) is 10.7. The van der Waals surface area contributed by atoms with Gasteiger partial charge in [0.2, 0.25) is 5.91 Å². The van der Waals surface area contributed by atoms with Crippen LogP contribution in [0.4, 0.5) is 5.69 Å². The van der Waals surface area contributed by atoms with E-state index in [2.05, 4.69) is 55.3 Å². The average molecular weight is 277 g/mol. The molecule has 0 heterocycles. The Balaban J connectivity index is 2.67. The van der Waals surface area contributed by atoms with Crippen LogP contribution in [0.5, 0.6) is 0 Å². The minimum Gasteiger partial charge on any atom is -0.362 e. The van der Waals surface area contributed by atoms with Gasteiger partial charge in [-0.2, -0.15) is 0 Å². The molecule has 1 N–H and O–H groups in total. The molecule has 1 amide bonds. The van der Waals surface area contributed by atoms with Crippen LogP contribution in [-0.2, 0) is 11.3 Å². The number of carbonyl (C=O) groups excluding carboxylic acids is 1. The first-order chi connectivity index (χ1) is 9.43. The molecule has 4 nitrogen and oxygen atoms in total. The Morgan fingerprint density at radius 1 is 1.20 bits per heavy atom. The van der Waals surface area contributed by atoms with E-state index in [0.29, 0.717) is 12.6 Å². The Hall–Kier alpha value is -1.55. The van der Waals surface area contributed by atoms with E-state index >= 15 is 0 Å². The van der Waals surface area contributed by atoms with Crippen molar-refractivity contribution in [2.24, 2.45) is 0 Å². The molecule has 0 fully saturated rings. The van der Waals surface area contributed by atoms with Crippen LogP contribution in [0.3, 0.4) is 0 Å². The first-order valence-electron chi connectivity index (χ1n) is 7.21. The van der Waals surface area contributed by atoms with Crippen molar-refractivity contribution in [1.82, 2.24) is 10.2 Å². The fraction of sp³-hybridized carbons (Fsp3) is 0.562. The standard InChI is InChI=1S/C16H27N3O/c1-6-19(12-16(20)18(4)5)15-9-7-14(8-10-15)11-17-13(2)3/h7-10,13,17H,6,11-12H2,1-5H3. The van der Waals surface area contributed by atoms with Crippen molar-refractivity contribution < 1.29 is 4.79 Å². The lowest BCUT2D eigenvalue weighted by Crippen LogP contribution is -2.36. The number of rotatable bonds is 7. The summed E-state index contributed by atoms with van der Waals surface area (Å²) in [6, 6.07) is 8.90. The lowest BCUT2D eigenvalue weighted by atomic mass is 10.2. The van der Waals surface area contributed by atoms with Gasteiger partial charge in [-0.15, -0.1) is 0 Å². The maximum absolute atomic E-state index is 11.8. The number of likely N-dealkylation sites (N-methyl/N-ethyl adjacent to an activating group) is 2. The van der Waals surface area contributed by atoms with E-state index in [-0.39, 0.29) is 5.91 Å². The van der Waals surface area contributed by atoms with E-state index in [1.807, 2.05) is 0 Å². The minimum atomic E-state index is 0.123. The van der Waals surface area contributed by atoms with E-state index in [1.54, 1.807) is 19.0 Å². The highest BCUT2D eigenvalue weighted by molar-refractivity contribution is 5.81. The highest BCUT2D eigenvalue weighted by Gasteiger charge is 2.11. The first kappa shape index (κ1) is 16.5. The molecule has 0 bridgehead atoms. The van der Waals surface area contributed by atoms with E-state index in [9.17, 15) is 4.79 Å². The SMILES string of the molecule is CCN(CC(=O)N(C)C)c1ccc(CNC(C)C)cc1. The molecular weight excluding hydrogens is 250 g/mol. The number of nitrogens with zero attached hydrogens (tertiary/aromatic N) is 2. The predicted molar refractivity (Wildman–Crippen MR) is 85.0 cm³/mol. The molecule has 4 heteroatoms. The van der Waals surface area contributed by atoms with Gasteiger partial charge in [0, 0.05) is 38.9 Å². The largest absolute Gasteiger partial charge is 0.362 e. The zero-order valence-electron chi connectivity index (χ0n) is 13.3. The van der Waals surface area contributed by atoms with E-state index in [0.717, 1.165) is 18.8 Å². The summed E-state index contributed by atoms with van der Waals surface area (Å²) in [4.78, 5) is 15.5. The molecule has 0 aliphatic heterocycles. The summed E-state index contributed by atoms with van der Waals surface area (Å²) in [5, 5.41) is 3.40.